The van der Waals surface area contributed by atoms with Crippen LogP contribution in [0.4, 0.5) is 4.79 Å². The summed E-state index contributed by atoms with van der Waals surface area (Å²) < 4.78 is 8.01. The molecule has 3 rings (SSSR count). The normalized spacial score (nSPS) is 11.2. The molecule has 28 heavy (non-hydrogen) atoms. The van der Waals surface area contributed by atoms with Gasteiger partial charge in [0.25, 0.3) is 5.52 Å². The summed E-state index contributed by atoms with van der Waals surface area (Å²) in [5, 5.41) is 24.9. The second-order valence-electron chi connectivity index (χ2n) is 6.70. The number of unbranched alkanes of at least 4 members (excludes halogenated alkanes) is 3. The third-order valence-corrected chi connectivity index (χ3v) is 5.64. The summed E-state index contributed by atoms with van der Waals surface area (Å²) in [7, 11) is 0. The largest absolute Gasteiger partial charge is 0.530 e. The van der Waals surface area contributed by atoms with Crippen LogP contribution in [0.5, 0.6) is 5.75 Å². The Bertz CT molecular complexity index is 957. The molecule has 2 heterocycles. The number of nitrogens with zero attached hydrogens (tertiary/aromatic N) is 2. The van der Waals surface area contributed by atoms with Crippen molar-refractivity contribution in [3.05, 3.63) is 29.4 Å². The topological polar surface area (TPSA) is 98.4 Å². The Morgan fingerprint density at radius 1 is 1.32 bits per heavy atom. The fraction of sp³-hybridized carbons (Fsp3) is 0.450. The molecule has 2 N–H and O–H groups in total. The van der Waals surface area contributed by atoms with Crippen molar-refractivity contribution in [3.63, 3.8) is 0 Å². The fourth-order valence-corrected chi connectivity index (χ4v) is 4.28. The van der Waals surface area contributed by atoms with E-state index in [0.717, 1.165) is 63.9 Å². The first-order valence-electron chi connectivity index (χ1n) is 9.63. The molecule has 0 radical (unpaired) electrons. The fourth-order valence-electron chi connectivity index (χ4n) is 3.11. The van der Waals surface area contributed by atoms with Gasteiger partial charge in [0.15, 0.2) is 5.52 Å². The lowest BCUT2D eigenvalue weighted by Crippen LogP contribution is -2.36. The van der Waals surface area contributed by atoms with E-state index in [2.05, 4.69) is 17.2 Å². The van der Waals surface area contributed by atoms with Crippen LogP contribution in [-0.4, -0.2) is 29.4 Å². The van der Waals surface area contributed by atoms with Gasteiger partial charge in [-0.1, -0.05) is 19.8 Å². The molecule has 1 amide bonds. The first kappa shape index (κ1) is 20.1. The quantitative estimate of drug-likeness (QED) is 0.308. The van der Waals surface area contributed by atoms with E-state index in [0.29, 0.717) is 24.4 Å². The molecule has 150 valence electrons. The Kier molecular flexibility index (Phi) is 6.86. The third kappa shape index (κ3) is 5.01. The zero-order chi connectivity index (χ0) is 19.9. The Balaban J connectivity index is 1.58. The Morgan fingerprint density at radius 2 is 2.14 bits per heavy atom. The summed E-state index contributed by atoms with van der Waals surface area (Å²) in [5.41, 5.74) is 1.51. The van der Waals surface area contributed by atoms with E-state index in [1.165, 1.54) is 0 Å². The molecular weight excluding hydrogens is 378 g/mol. The molecule has 0 atom stereocenters. The molecule has 0 bridgehead atoms. The second-order valence-corrected chi connectivity index (χ2v) is 7.79. The minimum atomic E-state index is -1.22. The molecule has 2 aromatic heterocycles. The van der Waals surface area contributed by atoms with Crippen molar-refractivity contribution in [2.75, 3.05) is 13.2 Å². The highest BCUT2D eigenvalue weighted by Gasteiger charge is 2.18. The lowest BCUT2D eigenvalue weighted by atomic mass is 10.2. The number of nitrogens with one attached hydrogen (secondary N) is 1. The summed E-state index contributed by atoms with van der Waals surface area (Å²) in [5.74, 6) is 0.714. The van der Waals surface area contributed by atoms with Crippen LogP contribution in [0.15, 0.2) is 24.4 Å². The van der Waals surface area contributed by atoms with Gasteiger partial charge in [-0.05, 0) is 37.8 Å². The van der Waals surface area contributed by atoms with Crippen molar-refractivity contribution in [1.82, 2.24) is 10.3 Å². The van der Waals surface area contributed by atoms with Crippen LogP contribution in [0.2, 0.25) is 0 Å². The third-order valence-electron chi connectivity index (χ3n) is 4.48. The molecular formula is C20H25N3O4S. The number of benzene rings is 1. The number of aryl methyl sites for hydroxylation is 1. The number of aromatic nitrogens is 2. The van der Waals surface area contributed by atoms with E-state index in [9.17, 15) is 15.1 Å². The minimum Gasteiger partial charge on any atom is -0.530 e. The lowest BCUT2D eigenvalue weighted by molar-refractivity contribution is -0.883. The van der Waals surface area contributed by atoms with E-state index >= 15 is 0 Å². The second kappa shape index (κ2) is 9.54. The van der Waals surface area contributed by atoms with Crippen molar-refractivity contribution in [2.24, 2.45) is 0 Å². The molecule has 1 aromatic carbocycles. The summed E-state index contributed by atoms with van der Waals surface area (Å²) in [4.78, 5) is 14.8. The standard InChI is InChI=1S/C20H25N3O4S/c1-2-7-18-22-16-13-23(26)17-12-14(8-9-15(17)19(16)28-18)27-11-6-4-3-5-10-21-20(24)25/h8-9,12-13,21H,2-7,10-11H2,1H3,(H-,24,25,26). The smallest absolute Gasteiger partial charge is 0.269 e. The van der Waals surface area contributed by atoms with Crippen LogP contribution in [-0.2, 0) is 6.42 Å². The van der Waals surface area contributed by atoms with Gasteiger partial charge in [0, 0.05) is 11.3 Å². The van der Waals surface area contributed by atoms with E-state index in [4.69, 9.17) is 4.74 Å². The lowest BCUT2D eigenvalue weighted by Gasteiger charge is -2.07. The molecule has 0 aliphatic rings. The molecule has 8 heteroatoms. The first-order valence-corrected chi connectivity index (χ1v) is 10.4. The number of ether oxygens (including phenoxy) is 1. The molecule has 0 saturated carbocycles. The Hall–Kier alpha value is -2.61. The van der Waals surface area contributed by atoms with Crippen molar-refractivity contribution < 1.29 is 24.6 Å². The zero-order valence-corrected chi connectivity index (χ0v) is 16.8. The van der Waals surface area contributed by atoms with E-state index < -0.39 is 6.09 Å². The number of thiazole rings is 1. The number of pyridine rings is 1. The van der Waals surface area contributed by atoms with E-state index in [1.54, 1.807) is 17.5 Å². The van der Waals surface area contributed by atoms with Gasteiger partial charge in [-0.3, -0.25) is 5.21 Å². The predicted octanol–water partition coefficient (Wildman–Crippen LogP) is 2.80. The SMILES string of the molecule is CCCc1nc2c[n+](O)c3cc(OCCCCCCNC(=O)[O-])ccc3c2s1. The van der Waals surface area contributed by atoms with Crippen LogP contribution in [0, 0.1) is 0 Å². The molecule has 0 spiro atoms. The number of carbonyl (C=O) groups excluding carboxylic acids is 1. The van der Waals surface area contributed by atoms with Gasteiger partial charge in [0.05, 0.1) is 27.8 Å². The number of hydrogen-bond donors (Lipinski definition) is 2. The molecule has 0 aliphatic carbocycles. The molecule has 0 aliphatic heterocycles. The first-order chi connectivity index (χ1) is 13.6. The van der Waals surface area contributed by atoms with Crippen LogP contribution < -0.4 is 19.9 Å². The molecule has 7 nitrogen and oxygen atoms in total. The van der Waals surface area contributed by atoms with Crippen LogP contribution in [0.3, 0.4) is 0 Å². The minimum absolute atomic E-state index is 0.427. The molecule has 0 saturated heterocycles. The van der Waals surface area contributed by atoms with Crippen molar-refractivity contribution in [1.29, 1.82) is 0 Å². The maximum Gasteiger partial charge on any atom is 0.269 e. The zero-order valence-electron chi connectivity index (χ0n) is 15.9. The van der Waals surface area contributed by atoms with Gasteiger partial charge in [0.1, 0.15) is 11.8 Å². The van der Waals surface area contributed by atoms with Gasteiger partial charge < -0.3 is 20.0 Å². The summed E-state index contributed by atoms with van der Waals surface area (Å²) in [6, 6.07) is 5.74. The van der Waals surface area contributed by atoms with Crippen molar-refractivity contribution >= 4 is 38.5 Å². The molecule has 3 aromatic rings. The van der Waals surface area contributed by atoms with Crippen molar-refractivity contribution in [2.45, 2.75) is 45.4 Å². The maximum absolute atomic E-state index is 10.3. The number of carbonyl (C=O) groups is 1. The number of carboxylic acid groups (broad SMARTS) is 1. The average Bonchev–Trinajstić information content (AvgIpc) is 3.06. The highest BCUT2D eigenvalue weighted by Crippen LogP contribution is 2.30. The van der Waals surface area contributed by atoms with Gasteiger partial charge in [0.2, 0.25) is 6.20 Å². The van der Waals surface area contributed by atoms with Crippen LogP contribution in [0.1, 0.15) is 44.0 Å². The maximum atomic E-state index is 10.3. The molecule has 0 unspecified atom stereocenters. The number of rotatable bonds is 10. The van der Waals surface area contributed by atoms with Gasteiger partial charge in [-0.25, -0.2) is 4.98 Å². The molecule has 0 fully saturated rings. The predicted molar refractivity (Wildman–Crippen MR) is 106 cm³/mol. The summed E-state index contributed by atoms with van der Waals surface area (Å²) in [6.45, 7) is 3.13. The van der Waals surface area contributed by atoms with Crippen LogP contribution >= 0.6 is 11.3 Å². The summed E-state index contributed by atoms with van der Waals surface area (Å²) >= 11 is 1.68. The number of amides is 1. The van der Waals surface area contributed by atoms with Gasteiger partial charge in [-0.15, -0.1) is 11.3 Å². The highest BCUT2D eigenvalue weighted by molar-refractivity contribution is 7.19. The van der Waals surface area contributed by atoms with Gasteiger partial charge in [-0.2, -0.15) is 0 Å². The Labute approximate surface area is 167 Å². The monoisotopic (exact) mass is 403 g/mol. The van der Waals surface area contributed by atoms with Gasteiger partial charge >= 0.3 is 0 Å². The number of hydrogen-bond acceptors (Lipinski definition) is 6. The average molecular weight is 404 g/mol. The van der Waals surface area contributed by atoms with E-state index in [1.807, 2.05) is 18.2 Å². The van der Waals surface area contributed by atoms with Crippen LogP contribution in [0.25, 0.3) is 21.1 Å². The van der Waals surface area contributed by atoms with Crippen molar-refractivity contribution in [3.8, 4) is 5.75 Å². The van der Waals surface area contributed by atoms with E-state index in [-0.39, 0.29) is 0 Å². The summed E-state index contributed by atoms with van der Waals surface area (Å²) in [6.07, 6.45) is 5.98. The highest BCUT2D eigenvalue weighted by atomic mass is 32.1. The number of fused-ring (bicyclic) bond motifs is 3. The Morgan fingerprint density at radius 3 is 2.93 bits per heavy atom.